The van der Waals surface area contributed by atoms with E-state index in [1.54, 1.807) is 12.1 Å². The maximum Gasteiger partial charge on any atom is 0.316 e. The Morgan fingerprint density at radius 2 is 2.00 bits per heavy atom. The highest BCUT2D eigenvalue weighted by Crippen LogP contribution is 2.24. The molecule has 2 aromatic rings. The lowest BCUT2D eigenvalue weighted by molar-refractivity contribution is 0.112. The zero-order valence-electron chi connectivity index (χ0n) is 9.36. The van der Waals surface area contributed by atoms with Gasteiger partial charge in [0.25, 0.3) is 0 Å². The van der Waals surface area contributed by atoms with Crippen LogP contribution in [0.3, 0.4) is 0 Å². The molecule has 0 aliphatic carbocycles. The standard InChI is InChI=1S/C13H12N2O2/c1-8-2-3-9-6-12(15-13(14)17)11(7-16)5-10(9)4-8/h2-7H,1H3,(H3,14,15,17). The van der Waals surface area contributed by atoms with Gasteiger partial charge in [0.1, 0.15) is 0 Å². The molecule has 2 rings (SSSR count). The maximum atomic E-state index is 10.9. The first kappa shape index (κ1) is 11.1. The van der Waals surface area contributed by atoms with Crippen molar-refractivity contribution in [3.8, 4) is 0 Å². The minimum Gasteiger partial charge on any atom is -0.351 e. The Labute approximate surface area is 98.4 Å². The molecule has 4 nitrogen and oxygen atoms in total. The highest BCUT2D eigenvalue weighted by molar-refractivity contribution is 6.00. The molecule has 0 bridgehead atoms. The van der Waals surface area contributed by atoms with Gasteiger partial charge in [-0.25, -0.2) is 4.79 Å². The Balaban J connectivity index is 2.64. The number of rotatable bonds is 2. The second-order valence-corrected chi connectivity index (χ2v) is 3.90. The lowest BCUT2D eigenvalue weighted by atomic mass is 10.0. The zero-order valence-corrected chi connectivity index (χ0v) is 9.36. The number of carbonyl (C=O) groups is 2. The van der Waals surface area contributed by atoms with Crippen LogP contribution in [-0.2, 0) is 0 Å². The van der Waals surface area contributed by atoms with Crippen LogP contribution >= 0.6 is 0 Å². The van der Waals surface area contributed by atoms with Crippen LogP contribution in [0.2, 0.25) is 0 Å². The molecule has 0 spiro atoms. The minimum atomic E-state index is -0.681. The summed E-state index contributed by atoms with van der Waals surface area (Å²) in [7, 11) is 0. The van der Waals surface area contributed by atoms with Gasteiger partial charge in [0.15, 0.2) is 6.29 Å². The van der Waals surface area contributed by atoms with Gasteiger partial charge in [-0.05, 0) is 29.8 Å². The second kappa shape index (κ2) is 4.25. The first-order valence-electron chi connectivity index (χ1n) is 5.16. The minimum absolute atomic E-state index is 0.418. The molecule has 0 radical (unpaired) electrons. The van der Waals surface area contributed by atoms with E-state index in [2.05, 4.69) is 5.32 Å². The zero-order chi connectivity index (χ0) is 12.4. The topological polar surface area (TPSA) is 72.2 Å². The molecule has 0 unspecified atom stereocenters. The Kier molecular flexibility index (Phi) is 2.78. The fraction of sp³-hybridized carbons (Fsp3) is 0.0769. The molecule has 3 N–H and O–H groups in total. The van der Waals surface area contributed by atoms with Crippen LogP contribution < -0.4 is 11.1 Å². The van der Waals surface area contributed by atoms with E-state index >= 15 is 0 Å². The number of benzene rings is 2. The van der Waals surface area contributed by atoms with E-state index < -0.39 is 6.03 Å². The predicted octanol–water partition coefficient (Wildman–Crippen LogP) is 2.45. The van der Waals surface area contributed by atoms with Crippen LogP contribution in [0.5, 0.6) is 0 Å². The number of nitrogens with one attached hydrogen (secondary N) is 1. The van der Waals surface area contributed by atoms with Gasteiger partial charge in [-0.1, -0.05) is 23.8 Å². The van der Waals surface area contributed by atoms with Crippen molar-refractivity contribution < 1.29 is 9.59 Å². The molecule has 0 aliphatic rings. The summed E-state index contributed by atoms with van der Waals surface area (Å²) in [5.41, 5.74) is 7.02. The molecule has 86 valence electrons. The molecule has 0 saturated heterocycles. The van der Waals surface area contributed by atoms with E-state index in [-0.39, 0.29) is 0 Å². The summed E-state index contributed by atoms with van der Waals surface area (Å²) in [6.07, 6.45) is 0.701. The van der Waals surface area contributed by atoms with Crippen LogP contribution in [0.4, 0.5) is 10.5 Å². The number of hydrogen-bond acceptors (Lipinski definition) is 2. The van der Waals surface area contributed by atoms with Crippen molar-refractivity contribution in [3.05, 3.63) is 41.5 Å². The lowest BCUT2D eigenvalue weighted by Gasteiger charge is -2.08. The fourth-order valence-corrected chi connectivity index (χ4v) is 1.77. The van der Waals surface area contributed by atoms with Crippen LogP contribution in [0, 0.1) is 6.92 Å². The van der Waals surface area contributed by atoms with Gasteiger partial charge in [0, 0.05) is 5.56 Å². The molecule has 0 saturated carbocycles. The Morgan fingerprint density at radius 1 is 1.24 bits per heavy atom. The number of nitrogens with two attached hydrogens (primary N) is 1. The van der Waals surface area contributed by atoms with Gasteiger partial charge in [-0.3, -0.25) is 4.79 Å². The summed E-state index contributed by atoms with van der Waals surface area (Å²) in [5.74, 6) is 0. The number of aldehydes is 1. The first-order valence-corrected chi connectivity index (χ1v) is 5.16. The van der Waals surface area contributed by atoms with E-state index in [0.717, 1.165) is 16.3 Å². The summed E-state index contributed by atoms with van der Waals surface area (Å²) in [6, 6.07) is 8.68. The third-order valence-corrected chi connectivity index (χ3v) is 2.55. The average Bonchev–Trinajstić information content (AvgIpc) is 2.28. The van der Waals surface area contributed by atoms with Crippen LogP contribution in [0.15, 0.2) is 30.3 Å². The van der Waals surface area contributed by atoms with Crippen molar-refractivity contribution in [2.24, 2.45) is 5.73 Å². The molecular formula is C13H12N2O2. The van der Waals surface area contributed by atoms with Crippen molar-refractivity contribution >= 4 is 28.8 Å². The van der Waals surface area contributed by atoms with Gasteiger partial charge in [0.2, 0.25) is 0 Å². The lowest BCUT2D eigenvalue weighted by Crippen LogP contribution is -2.20. The number of hydrogen-bond donors (Lipinski definition) is 2. The second-order valence-electron chi connectivity index (χ2n) is 3.90. The van der Waals surface area contributed by atoms with Crippen molar-refractivity contribution in [3.63, 3.8) is 0 Å². The highest BCUT2D eigenvalue weighted by atomic mass is 16.2. The van der Waals surface area contributed by atoms with E-state index in [9.17, 15) is 9.59 Å². The number of primary amides is 1. The molecule has 0 atom stereocenters. The molecule has 0 aliphatic heterocycles. The smallest absolute Gasteiger partial charge is 0.316 e. The van der Waals surface area contributed by atoms with Crippen molar-refractivity contribution in [1.82, 2.24) is 0 Å². The molecule has 4 heteroatoms. The quantitative estimate of drug-likeness (QED) is 0.775. The maximum absolute atomic E-state index is 10.9. The van der Waals surface area contributed by atoms with Gasteiger partial charge < -0.3 is 11.1 Å². The molecular weight excluding hydrogens is 216 g/mol. The number of carbonyl (C=O) groups excluding carboxylic acids is 2. The normalized spacial score (nSPS) is 10.2. The number of aryl methyl sites for hydroxylation is 1. The first-order chi connectivity index (χ1) is 8.10. The van der Waals surface area contributed by atoms with E-state index in [1.165, 1.54) is 0 Å². The van der Waals surface area contributed by atoms with Gasteiger partial charge in [0.05, 0.1) is 5.69 Å². The Bertz CT molecular complexity index is 606. The largest absolute Gasteiger partial charge is 0.351 e. The molecule has 2 aromatic carbocycles. The molecule has 2 amide bonds. The fourth-order valence-electron chi connectivity index (χ4n) is 1.77. The summed E-state index contributed by atoms with van der Waals surface area (Å²) in [4.78, 5) is 21.8. The summed E-state index contributed by atoms with van der Waals surface area (Å²) < 4.78 is 0. The molecule has 0 aromatic heterocycles. The third-order valence-electron chi connectivity index (χ3n) is 2.55. The van der Waals surface area contributed by atoms with Crippen LogP contribution in [0.25, 0.3) is 10.8 Å². The van der Waals surface area contributed by atoms with Gasteiger partial charge in [-0.2, -0.15) is 0 Å². The van der Waals surface area contributed by atoms with Crippen molar-refractivity contribution in [2.75, 3.05) is 5.32 Å². The van der Waals surface area contributed by atoms with E-state index in [0.29, 0.717) is 17.5 Å². The van der Waals surface area contributed by atoms with E-state index in [1.807, 2.05) is 25.1 Å². The predicted molar refractivity (Wildman–Crippen MR) is 67.3 cm³/mol. The Hall–Kier alpha value is -2.36. The van der Waals surface area contributed by atoms with Gasteiger partial charge in [-0.15, -0.1) is 0 Å². The number of fused-ring (bicyclic) bond motifs is 1. The Morgan fingerprint density at radius 3 is 2.65 bits per heavy atom. The molecule has 0 fully saturated rings. The number of urea groups is 1. The number of amides is 2. The van der Waals surface area contributed by atoms with E-state index in [4.69, 9.17) is 5.73 Å². The average molecular weight is 228 g/mol. The summed E-state index contributed by atoms with van der Waals surface area (Å²) in [5, 5.41) is 4.35. The third kappa shape index (κ3) is 2.25. The highest BCUT2D eigenvalue weighted by Gasteiger charge is 2.06. The summed E-state index contributed by atoms with van der Waals surface area (Å²) in [6.45, 7) is 1.98. The summed E-state index contributed by atoms with van der Waals surface area (Å²) >= 11 is 0. The molecule has 0 heterocycles. The van der Waals surface area contributed by atoms with Crippen LogP contribution in [-0.4, -0.2) is 12.3 Å². The SMILES string of the molecule is Cc1ccc2cc(NC(N)=O)c(C=O)cc2c1. The van der Waals surface area contributed by atoms with Crippen LogP contribution in [0.1, 0.15) is 15.9 Å². The van der Waals surface area contributed by atoms with Gasteiger partial charge >= 0.3 is 6.03 Å². The molecule has 17 heavy (non-hydrogen) atoms. The van der Waals surface area contributed by atoms with Crippen molar-refractivity contribution in [2.45, 2.75) is 6.92 Å². The number of anilines is 1. The monoisotopic (exact) mass is 228 g/mol. The van der Waals surface area contributed by atoms with Crippen molar-refractivity contribution in [1.29, 1.82) is 0 Å².